The molecule has 1 aromatic heterocycles. The number of hydrogen-bond acceptors (Lipinski definition) is 4. The van der Waals surface area contributed by atoms with E-state index in [-0.39, 0.29) is 18.9 Å². The standard InChI is InChI=1S/C17H17ClN2O3/c1-12(21)20-15(14-5-3-2-4-6-14)9-17(22)23-11-13-7-8-16(18)19-10-13/h2-8,10,15H,9,11H2,1H3,(H,20,21). The number of aromatic nitrogens is 1. The highest BCUT2D eigenvalue weighted by molar-refractivity contribution is 6.29. The van der Waals surface area contributed by atoms with Gasteiger partial charge in [0.05, 0.1) is 12.5 Å². The predicted octanol–water partition coefficient (Wildman–Crippen LogP) is 3.05. The summed E-state index contributed by atoms with van der Waals surface area (Å²) in [6.45, 7) is 1.53. The Morgan fingerprint density at radius 1 is 1.22 bits per heavy atom. The van der Waals surface area contributed by atoms with E-state index >= 15 is 0 Å². The van der Waals surface area contributed by atoms with Gasteiger partial charge in [-0.25, -0.2) is 4.98 Å². The number of carbonyl (C=O) groups is 2. The average Bonchev–Trinajstić information content (AvgIpc) is 2.54. The van der Waals surface area contributed by atoms with E-state index in [0.717, 1.165) is 11.1 Å². The first-order valence-electron chi connectivity index (χ1n) is 7.12. The molecule has 120 valence electrons. The second-order valence-electron chi connectivity index (χ2n) is 5.02. The third-order valence-electron chi connectivity index (χ3n) is 3.14. The van der Waals surface area contributed by atoms with Crippen molar-refractivity contribution in [3.05, 3.63) is 64.9 Å². The zero-order valence-corrected chi connectivity index (χ0v) is 13.4. The van der Waals surface area contributed by atoms with Crippen LogP contribution in [0.15, 0.2) is 48.7 Å². The van der Waals surface area contributed by atoms with E-state index in [9.17, 15) is 9.59 Å². The van der Waals surface area contributed by atoms with Crippen LogP contribution in [0.1, 0.15) is 30.5 Å². The van der Waals surface area contributed by atoms with Gasteiger partial charge in [-0.3, -0.25) is 9.59 Å². The molecule has 1 N–H and O–H groups in total. The van der Waals surface area contributed by atoms with Gasteiger partial charge < -0.3 is 10.1 Å². The lowest BCUT2D eigenvalue weighted by Gasteiger charge is -2.17. The third kappa shape index (κ3) is 5.71. The Kier molecular flexibility index (Phi) is 6.11. The molecule has 1 amide bonds. The van der Waals surface area contributed by atoms with Crippen LogP contribution in [0.25, 0.3) is 0 Å². The Hall–Kier alpha value is -2.40. The smallest absolute Gasteiger partial charge is 0.308 e. The largest absolute Gasteiger partial charge is 0.461 e. The molecule has 0 spiro atoms. The number of pyridine rings is 1. The van der Waals surface area contributed by atoms with Gasteiger partial charge in [-0.15, -0.1) is 0 Å². The van der Waals surface area contributed by atoms with Crippen LogP contribution >= 0.6 is 11.6 Å². The lowest BCUT2D eigenvalue weighted by molar-refractivity contribution is -0.145. The van der Waals surface area contributed by atoms with Gasteiger partial charge in [0.2, 0.25) is 5.91 Å². The quantitative estimate of drug-likeness (QED) is 0.652. The van der Waals surface area contributed by atoms with E-state index in [1.165, 1.54) is 6.92 Å². The monoisotopic (exact) mass is 332 g/mol. The Morgan fingerprint density at radius 3 is 2.57 bits per heavy atom. The molecule has 0 saturated heterocycles. The molecule has 0 radical (unpaired) electrons. The van der Waals surface area contributed by atoms with Crippen molar-refractivity contribution >= 4 is 23.5 Å². The van der Waals surface area contributed by atoms with Crippen molar-refractivity contribution in [3.63, 3.8) is 0 Å². The summed E-state index contributed by atoms with van der Waals surface area (Å²) in [5.41, 5.74) is 1.60. The van der Waals surface area contributed by atoms with Crippen LogP contribution in [0, 0.1) is 0 Å². The number of nitrogens with zero attached hydrogens (tertiary/aromatic N) is 1. The van der Waals surface area contributed by atoms with Gasteiger partial charge in [-0.1, -0.05) is 48.0 Å². The number of halogens is 1. The summed E-state index contributed by atoms with van der Waals surface area (Å²) in [6.07, 6.45) is 1.61. The van der Waals surface area contributed by atoms with Crippen molar-refractivity contribution in [3.8, 4) is 0 Å². The van der Waals surface area contributed by atoms with E-state index in [0.29, 0.717) is 5.15 Å². The number of benzene rings is 1. The average molecular weight is 333 g/mol. The summed E-state index contributed by atoms with van der Waals surface area (Å²) >= 11 is 5.70. The maximum atomic E-state index is 12.0. The van der Waals surface area contributed by atoms with Gasteiger partial charge in [0.1, 0.15) is 11.8 Å². The zero-order chi connectivity index (χ0) is 16.7. The molecular formula is C17H17ClN2O3. The van der Waals surface area contributed by atoms with Crippen molar-refractivity contribution in [1.29, 1.82) is 0 Å². The Labute approximate surface area is 139 Å². The van der Waals surface area contributed by atoms with E-state index in [1.54, 1.807) is 18.3 Å². The second-order valence-corrected chi connectivity index (χ2v) is 5.41. The maximum absolute atomic E-state index is 12.0. The Morgan fingerprint density at radius 2 is 1.96 bits per heavy atom. The number of rotatable bonds is 6. The summed E-state index contributed by atoms with van der Waals surface area (Å²) in [5.74, 6) is -0.601. The SMILES string of the molecule is CC(=O)NC(CC(=O)OCc1ccc(Cl)nc1)c1ccccc1. The fourth-order valence-corrected chi connectivity index (χ4v) is 2.18. The number of hydrogen-bond donors (Lipinski definition) is 1. The summed E-state index contributed by atoms with van der Waals surface area (Å²) in [4.78, 5) is 27.3. The van der Waals surface area contributed by atoms with Crippen molar-refractivity contribution < 1.29 is 14.3 Å². The van der Waals surface area contributed by atoms with E-state index < -0.39 is 12.0 Å². The highest BCUT2D eigenvalue weighted by Crippen LogP contribution is 2.17. The van der Waals surface area contributed by atoms with Crippen LogP contribution in [0.4, 0.5) is 0 Å². The molecule has 0 aliphatic rings. The van der Waals surface area contributed by atoms with Crippen LogP contribution in [0.5, 0.6) is 0 Å². The molecule has 5 nitrogen and oxygen atoms in total. The molecule has 1 unspecified atom stereocenters. The molecule has 1 atom stereocenters. The summed E-state index contributed by atoms with van der Waals surface area (Å²) in [7, 11) is 0. The molecule has 2 aromatic rings. The van der Waals surface area contributed by atoms with Gasteiger partial charge in [0.25, 0.3) is 0 Å². The highest BCUT2D eigenvalue weighted by Gasteiger charge is 2.18. The fraction of sp³-hybridized carbons (Fsp3) is 0.235. The zero-order valence-electron chi connectivity index (χ0n) is 12.7. The summed E-state index contributed by atoms with van der Waals surface area (Å²) in [5, 5.41) is 3.15. The van der Waals surface area contributed by atoms with Gasteiger partial charge >= 0.3 is 5.97 Å². The lowest BCUT2D eigenvalue weighted by Crippen LogP contribution is -2.28. The molecule has 0 aliphatic carbocycles. The first kappa shape index (κ1) is 17.0. The first-order valence-corrected chi connectivity index (χ1v) is 7.50. The first-order chi connectivity index (χ1) is 11.0. The van der Waals surface area contributed by atoms with Crippen molar-refractivity contribution in [2.45, 2.75) is 26.0 Å². The molecular weight excluding hydrogens is 316 g/mol. The second kappa shape index (κ2) is 8.29. The molecule has 6 heteroatoms. The third-order valence-corrected chi connectivity index (χ3v) is 3.36. The number of carbonyl (C=O) groups excluding carboxylic acids is 2. The normalized spacial score (nSPS) is 11.6. The topological polar surface area (TPSA) is 68.3 Å². The van der Waals surface area contributed by atoms with Crippen LogP contribution in [-0.4, -0.2) is 16.9 Å². The Bertz CT molecular complexity index is 659. The van der Waals surface area contributed by atoms with Crippen LogP contribution in [0.2, 0.25) is 5.15 Å². The fourth-order valence-electron chi connectivity index (χ4n) is 2.06. The molecule has 1 aromatic carbocycles. The van der Waals surface area contributed by atoms with Crippen LogP contribution in [-0.2, 0) is 20.9 Å². The number of nitrogens with one attached hydrogen (secondary N) is 1. The minimum atomic E-state index is -0.412. The molecule has 0 bridgehead atoms. The van der Waals surface area contributed by atoms with Gasteiger partial charge in [0.15, 0.2) is 0 Å². The molecule has 0 aliphatic heterocycles. The van der Waals surface area contributed by atoms with E-state index in [2.05, 4.69) is 10.3 Å². The minimum absolute atomic E-state index is 0.0601. The molecule has 0 fully saturated rings. The maximum Gasteiger partial charge on any atom is 0.308 e. The Balaban J connectivity index is 1.94. The van der Waals surface area contributed by atoms with Gasteiger partial charge in [-0.2, -0.15) is 0 Å². The summed E-state index contributed by atoms with van der Waals surface area (Å²) < 4.78 is 5.23. The highest BCUT2D eigenvalue weighted by atomic mass is 35.5. The molecule has 2 rings (SSSR count). The van der Waals surface area contributed by atoms with Crippen molar-refractivity contribution in [1.82, 2.24) is 10.3 Å². The molecule has 23 heavy (non-hydrogen) atoms. The minimum Gasteiger partial charge on any atom is -0.461 e. The van der Waals surface area contributed by atoms with Crippen LogP contribution < -0.4 is 5.32 Å². The lowest BCUT2D eigenvalue weighted by atomic mass is 10.0. The van der Waals surface area contributed by atoms with Crippen molar-refractivity contribution in [2.24, 2.45) is 0 Å². The molecule has 0 saturated carbocycles. The molecule has 1 heterocycles. The number of esters is 1. The van der Waals surface area contributed by atoms with Crippen LogP contribution in [0.3, 0.4) is 0 Å². The van der Waals surface area contributed by atoms with Crippen molar-refractivity contribution in [2.75, 3.05) is 0 Å². The van der Waals surface area contributed by atoms with E-state index in [4.69, 9.17) is 16.3 Å². The van der Waals surface area contributed by atoms with Gasteiger partial charge in [0, 0.05) is 18.7 Å². The number of amides is 1. The number of ether oxygens (including phenoxy) is 1. The predicted molar refractivity (Wildman–Crippen MR) is 86.7 cm³/mol. The van der Waals surface area contributed by atoms with Gasteiger partial charge in [-0.05, 0) is 11.6 Å². The van der Waals surface area contributed by atoms with E-state index in [1.807, 2.05) is 30.3 Å². The summed E-state index contributed by atoms with van der Waals surface area (Å²) in [6, 6.07) is 12.3.